The lowest BCUT2D eigenvalue weighted by Crippen LogP contribution is -2.37. The largest absolute Gasteiger partial charge is 0.477 e. The highest BCUT2D eigenvalue weighted by molar-refractivity contribution is 5.80. The maximum atomic E-state index is 13.6. The molecular weight excluding hydrogens is 235 g/mol. The fourth-order valence-electron chi connectivity index (χ4n) is 1.47. The van der Waals surface area contributed by atoms with E-state index >= 15 is 0 Å². The lowest BCUT2D eigenvalue weighted by molar-refractivity contribution is -0.127. The third-order valence-corrected chi connectivity index (χ3v) is 2.48. The van der Waals surface area contributed by atoms with Gasteiger partial charge < -0.3 is 15.8 Å². The Kier molecular flexibility index (Phi) is 5.58. The summed E-state index contributed by atoms with van der Waals surface area (Å²) in [6, 6.07) is 4.52. The van der Waals surface area contributed by atoms with E-state index in [-0.39, 0.29) is 18.2 Å². The molecule has 4 nitrogen and oxygen atoms in total. The van der Waals surface area contributed by atoms with Crippen molar-refractivity contribution in [2.75, 3.05) is 6.54 Å². The second-order valence-electron chi connectivity index (χ2n) is 3.98. The lowest BCUT2D eigenvalue weighted by atomic mass is 10.2. The highest BCUT2D eigenvalue weighted by atomic mass is 19.1. The van der Waals surface area contributed by atoms with Crippen LogP contribution in [-0.2, 0) is 11.3 Å². The predicted octanol–water partition coefficient (Wildman–Crippen LogP) is 1.58. The van der Waals surface area contributed by atoms with Gasteiger partial charge in [0.05, 0.1) is 0 Å². The van der Waals surface area contributed by atoms with Crippen molar-refractivity contribution in [3.8, 4) is 5.75 Å². The maximum Gasteiger partial charge on any atom is 0.260 e. The molecular formula is C13H19FN2O2. The molecule has 0 aliphatic rings. The Bertz CT molecular complexity index is 410. The van der Waals surface area contributed by atoms with E-state index in [1.807, 2.05) is 6.92 Å². The number of amides is 1. The van der Waals surface area contributed by atoms with Gasteiger partial charge in [0.1, 0.15) is 0 Å². The average molecular weight is 254 g/mol. The zero-order valence-corrected chi connectivity index (χ0v) is 10.7. The van der Waals surface area contributed by atoms with Gasteiger partial charge >= 0.3 is 0 Å². The van der Waals surface area contributed by atoms with Crippen LogP contribution in [0.5, 0.6) is 5.75 Å². The number of hydrogen-bond donors (Lipinski definition) is 2. The van der Waals surface area contributed by atoms with E-state index in [0.29, 0.717) is 12.1 Å². The van der Waals surface area contributed by atoms with Gasteiger partial charge in [-0.25, -0.2) is 4.39 Å². The van der Waals surface area contributed by atoms with Gasteiger partial charge in [0.2, 0.25) is 0 Å². The van der Waals surface area contributed by atoms with Crippen LogP contribution < -0.4 is 15.8 Å². The first-order valence-electron chi connectivity index (χ1n) is 6.02. The minimum absolute atomic E-state index is 0.0548. The van der Waals surface area contributed by atoms with Crippen molar-refractivity contribution in [1.29, 1.82) is 0 Å². The number of rotatable bonds is 6. The lowest BCUT2D eigenvalue weighted by Gasteiger charge is -2.17. The number of carbonyl (C=O) groups excluding carboxylic acids is 1. The second-order valence-corrected chi connectivity index (χ2v) is 3.98. The summed E-state index contributed by atoms with van der Waals surface area (Å²) in [6.45, 7) is 4.27. The number of carbonyl (C=O) groups is 1. The molecule has 0 aromatic heterocycles. The molecule has 0 fully saturated rings. The monoisotopic (exact) mass is 254 g/mol. The van der Waals surface area contributed by atoms with E-state index in [4.69, 9.17) is 10.5 Å². The van der Waals surface area contributed by atoms with Gasteiger partial charge in [0, 0.05) is 18.7 Å². The molecule has 0 spiro atoms. The molecule has 0 saturated heterocycles. The van der Waals surface area contributed by atoms with E-state index in [0.717, 1.165) is 6.42 Å². The van der Waals surface area contributed by atoms with Crippen molar-refractivity contribution in [3.63, 3.8) is 0 Å². The summed E-state index contributed by atoms with van der Waals surface area (Å²) in [4.78, 5) is 11.6. The average Bonchev–Trinajstić information content (AvgIpc) is 2.38. The van der Waals surface area contributed by atoms with Crippen molar-refractivity contribution in [2.45, 2.75) is 32.9 Å². The van der Waals surface area contributed by atoms with E-state index in [9.17, 15) is 9.18 Å². The van der Waals surface area contributed by atoms with Crippen LogP contribution in [0, 0.1) is 5.82 Å². The van der Waals surface area contributed by atoms with Crippen LogP contribution in [0.1, 0.15) is 25.8 Å². The maximum absolute atomic E-state index is 13.6. The normalized spacial score (nSPS) is 12.0. The Morgan fingerprint density at radius 3 is 2.89 bits per heavy atom. The molecule has 0 saturated carbocycles. The van der Waals surface area contributed by atoms with Crippen LogP contribution >= 0.6 is 0 Å². The number of ether oxygens (including phenoxy) is 1. The fraction of sp³-hybridized carbons (Fsp3) is 0.462. The van der Waals surface area contributed by atoms with Gasteiger partial charge in [0.25, 0.3) is 5.91 Å². The van der Waals surface area contributed by atoms with Crippen LogP contribution in [0.2, 0.25) is 0 Å². The van der Waals surface area contributed by atoms with Crippen LogP contribution in [0.15, 0.2) is 18.2 Å². The molecule has 18 heavy (non-hydrogen) atoms. The molecule has 100 valence electrons. The minimum atomic E-state index is -0.751. The number of halogens is 1. The number of nitrogens with two attached hydrogens (primary N) is 1. The number of hydrogen-bond acceptors (Lipinski definition) is 3. The fourth-order valence-corrected chi connectivity index (χ4v) is 1.47. The number of benzene rings is 1. The third-order valence-electron chi connectivity index (χ3n) is 2.48. The second kappa shape index (κ2) is 6.96. The number of para-hydroxylation sites is 1. The molecule has 1 atom stereocenters. The Hall–Kier alpha value is -1.62. The smallest absolute Gasteiger partial charge is 0.260 e. The molecule has 1 aromatic rings. The SMILES string of the molecule is CCCNC(=O)C(C)Oc1c(F)cccc1CN. The predicted molar refractivity (Wildman–Crippen MR) is 67.7 cm³/mol. The van der Waals surface area contributed by atoms with Crippen LogP contribution in [0.3, 0.4) is 0 Å². The summed E-state index contributed by atoms with van der Waals surface area (Å²) >= 11 is 0. The van der Waals surface area contributed by atoms with Gasteiger partial charge in [-0.3, -0.25) is 4.79 Å². The molecule has 5 heteroatoms. The third kappa shape index (κ3) is 3.70. The van der Waals surface area contributed by atoms with Crippen molar-refractivity contribution in [3.05, 3.63) is 29.6 Å². The summed E-state index contributed by atoms with van der Waals surface area (Å²) < 4.78 is 19.0. The molecule has 0 radical (unpaired) electrons. The molecule has 1 aromatic carbocycles. The summed E-state index contributed by atoms with van der Waals surface area (Å²) in [6.07, 6.45) is 0.0883. The molecule has 0 aliphatic carbocycles. The minimum Gasteiger partial charge on any atom is -0.477 e. The van der Waals surface area contributed by atoms with Gasteiger partial charge in [-0.05, 0) is 19.4 Å². The topological polar surface area (TPSA) is 64.3 Å². The number of nitrogens with one attached hydrogen (secondary N) is 1. The Morgan fingerprint density at radius 2 is 2.28 bits per heavy atom. The summed E-state index contributed by atoms with van der Waals surface area (Å²) in [7, 11) is 0. The molecule has 3 N–H and O–H groups in total. The molecule has 0 heterocycles. The van der Waals surface area contributed by atoms with Crippen LogP contribution in [0.25, 0.3) is 0 Å². The Balaban J connectivity index is 2.75. The summed E-state index contributed by atoms with van der Waals surface area (Å²) in [5.74, 6) is -0.713. The van der Waals surface area contributed by atoms with Crippen molar-refractivity contribution >= 4 is 5.91 Å². The first-order chi connectivity index (χ1) is 8.60. The molecule has 0 aliphatic heterocycles. The first kappa shape index (κ1) is 14.4. The molecule has 1 rings (SSSR count). The molecule has 1 unspecified atom stereocenters. The quantitative estimate of drug-likeness (QED) is 0.810. The highest BCUT2D eigenvalue weighted by Gasteiger charge is 2.17. The zero-order valence-electron chi connectivity index (χ0n) is 10.7. The zero-order chi connectivity index (χ0) is 13.5. The summed E-state index contributed by atoms with van der Waals surface area (Å²) in [5.41, 5.74) is 6.05. The summed E-state index contributed by atoms with van der Waals surface area (Å²) in [5, 5.41) is 2.69. The van der Waals surface area contributed by atoms with Crippen molar-refractivity contribution in [1.82, 2.24) is 5.32 Å². The van der Waals surface area contributed by atoms with Gasteiger partial charge in [0.15, 0.2) is 17.7 Å². The van der Waals surface area contributed by atoms with E-state index in [2.05, 4.69) is 5.32 Å². The van der Waals surface area contributed by atoms with Crippen LogP contribution in [-0.4, -0.2) is 18.6 Å². The Morgan fingerprint density at radius 1 is 1.56 bits per heavy atom. The van der Waals surface area contributed by atoms with E-state index < -0.39 is 11.9 Å². The van der Waals surface area contributed by atoms with Gasteiger partial charge in [-0.2, -0.15) is 0 Å². The van der Waals surface area contributed by atoms with Crippen LogP contribution in [0.4, 0.5) is 4.39 Å². The van der Waals surface area contributed by atoms with E-state index in [1.54, 1.807) is 19.1 Å². The first-order valence-corrected chi connectivity index (χ1v) is 6.02. The van der Waals surface area contributed by atoms with E-state index in [1.165, 1.54) is 6.07 Å². The van der Waals surface area contributed by atoms with Crippen molar-refractivity contribution in [2.24, 2.45) is 5.73 Å². The van der Waals surface area contributed by atoms with Crippen molar-refractivity contribution < 1.29 is 13.9 Å². The molecule has 0 bridgehead atoms. The molecule has 1 amide bonds. The van der Waals surface area contributed by atoms with Gasteiger partial charge in [-0.15, -0.1) is 0 Å². The van der Waals surface area contributed by atoms with Gasteiger partial charge in [-0.1, -0.05) is 19.1 Å². The Labute approximate surface area is 106 Å². The highest BCUT2D eigenvalue weighted by Crippen LogP contribution is 2.23. The standard InChI is InChI=1S/C13H19FN2O2/c1-3-7-16-13(17)9(2)18-12-10(8-15)5-4-6-11(12)14/h4-6,9H,3,7-8,15H2,1-2H3,(H,16,17).